The van der Waals surface area contributed by atoms with E-state index in [2.05, 4.69) is 14.1 Å². The Kier molecular flexibility index (Phi) is 1.31. The second kappa shape index (κ2) is 1.97. The summed E-state index contributed by atoms with van der Waals surface area (Å²) in [5, 5.41) is 0. The molecule has 0 aromatic heterocycles. The van der Waals surface area contributed by atoms with E-state index in [4.69, 9.17) is 0 Å². The molecule has 0 amide bonds. The lowest BCUT2D eigenvalue weighted by atomic mass is 9.98. The van der Waals surface area contributed by atoms with Gasteiger partial charge in [0.25, 0.3) is 0 Å². The van der Waals surface area contributed by atoms with Crippen LogP contribution in [0.3, 0.4) is 0 Å². The number of quaternary nitrogens is 1. The van der Waals surface area contributed by atoms with E-state index in [1.165, 1.54) is 36.7 Å². The van der Waals surface area contributed by atoms with E-state index < -0.39 is 0 Å². The molecule has 1 heteroatoms. The van der Waals surface area contributed by atoms with E-state index >= 15 is 0 Å². The van der Waals surface area contributed by atoms with Crippen LogP contribution in [0.5, 0.6) is 0 Å². The fourth-order valence-electron chi connectivity index (χ4n) is 2.64. The van der Waals surface area contributed by atoms with Gasteiger partial charge in [-0.05, 0) is 25.2 Å². The lowest BCUT2D eigenvalue weighted by molar-refractivity contribution is -0.918. The number of hydrogen-bond donors (Lipinski definition) is 0. The van der Waals surface area contributed by atoms with Crippen molar-refractivity contribution in [3.63, 3.8) is 0 Å². The van der Waals surface area contributed by atoms with Crippen LogP contribution in [0.4, 0.5) is 0 Å². The minimum absolute atomic E-state index is 1.01. The maximum atomic E-state index is 2.40. The highest BCUT2D eigenvalue weighted by Crippen LogP contribution is 2.38. The summed E-state index contributed by atoms with van der Waals surface area (Å²) in [5.41, 5.74) is 0. The number of hydrogen-bond acceptors (Lipinski definition) is 0. The molecule has 0 aromatic rings. The molecule has 1 saturated carbocycles. The van der Waals surface area contributed by atoms with Crippen molar-refractivity contribution in [3.8, 4) is 0 Å². The van der Waals surface area contributed by atoms with Crippen molar-refractivity contribution in [1.82, 2.24) is 0 Å². The Morgan fingerprint density at radius 1 is 1.10 bits per heavy atom. The summed E-state index contributed by atoms with van der Waals surface area (Å²) in [5.74, 6) is 1.11. The molecule has 10 heavy (non-hydrogen) atoms. The normalized spacial score (nSPS) is 43.8. The largest absolute Gasteiger partial charge is 0.326 e. The number of likely N-dealkylation sites (tertiary alicyclic amines) is 1. The molecule has 2 aliphatic rings. The molecule has 58 valence electrons. The minimum atomic E-state index is 1.01. The van der Waals surface area contributed by atoms with Gasteiger partial charge in [-0.25, -0.2) is 0 Å². The van der Waals surface area contributed by atoms with E-state index in [-0.39, 0.29) is 0 Å². The van der Waals surface area contributed by atoms with Gasteiger partial charge in [0, 0.05) is 6.42 Å². The third-order valence-corrected chi connectivity index (χ3v) is 3.62. The van der Waals surface area contributed by atoms with Crippen LogP contribution in [0.25, 0.3) is 0 Å². The van der Waals surface area contributed by atoms with Crippen LogP contribution in [0.15, 0.2) is 0 Å². The molecule has 2 fully saturated rings. The van der Waals surface area contributed by atoms with Crippen LogP contribution in [-0.2, 0) is 0 Å². The fourth-order valence-corrected chi connectivity index (χ4v) is 2.64. The quantitative estimate of drug-likeness (QED) is 0.449. The molecule has 2 atom stereocenters. The fraction of sp³-hybridized carbons (Fsp3) is 1.00. The van der Waals surface area contributed by atoms with E-state index in [9.17, 15) is 0 Å². The zero-order valence-electron chi connectivity index (χ0n) is 7.14. The molecular weight excluding hydrogens is 122 g/mol. The lowest BCUT2D eigenvalue weighted by Crippen LogP contribution is -2.50. The van der Waals surface area contributed by atoms with Gasteiger partial charge in [-0.1, -0.05) is 0 Å². The maximum absolute atomic E-state index is 2.40. The first-order chi connectivity index (χ1) is 4.68. The van der Waals surface area contributed by atoms with Gasteiger partial charge in [0.1, 0.15) is 0 Å². The molecule has 2 unspecified atom stereocenters. The monoisotopic (exact) mass is 140 g/mol. The number of nitrogens with zero attached hydrogens (tertiary/aromatic N) is 1. The Bertz CT molecular complexity index is 140. The van der Waals surface area contributed by atoms with E-state index in [1.54, 1.807) is 0 Å². The second-order valence-electron chi connectivity index (χ2n) is 4.62. The number of fused-ring (bicyclic) bond motifs is 2. The van der Waals surface area contributed by atoms with Gasteiger partial charge in [0.2, 0.25) is 0 Å². The van der Waals surface area contributed by atoms with Crippen LogP contribution in [0.2, 0.25) is 0 Å². The summed E-state index contributed by atoms with van der Waals surface area (Å²) in [4.78, 5) is 0. The molecule has 0 radical (unpaired) electrons. The third-order valence-electron chi connectivity index (χ3n) is 3.62. The first kappa shape index (κ1) is 6.66. The Morgan fingerprint density at radius 2 is 1.90 bits per heavy atom. The Hall–Kier alpha value is -0.0400. The highest BCUT2D eigenvalue weighted by molar-refractivity contribution is 4.80. The van der Waals surface area contributed by atoms with Crippen molar-refractivity contribution in [2.24, 2.45) is 5.92 Å². The minimum Gasteiger partial charge on any atom is -0.326 e. The summed E-state index contributed by atoms with van der Waals surface area (Å²) >= 11 is 0. The van der Waals surface area contributed by atoms with Crippen molar-refractivity contribution in [3.05, 3.63) is 0 Å². The highest BCUT2D eigenvalue weighted by Gasteiger charge is 2.40. The Balaban J connectivity index is 2.14. The molecule has 2 rings (SSSR count). The molecule has 1 nitrogen and oxygen atoms in total. The molecule has 2 bridgehead atoms. The van der Waals surface area contributed by atoms with Crippen molar-refractivity contribution in [2.75, 3.05) is 20.6 Å². The molecule has 1 heterocycles. The van der Waals surface area contributed by atoms with Crippen LogP contribution >= 0.6 is 0 Å². The lowest BCUT2D eigenvalue weighted by Gasteiger charge is -2.39. The summed E-state index contributed by atoms with van der Waals surface area (Å²) in [6.07, 6.45) is 6.03. The van der Waals surface area contributed by atoms with E-state index in [1.807, 2.05) is 0 Å². The predicted octanol–water partition coefficient (Wildman–Crippen LogP) is 1.64. The van der Waals surface area contributed by atoms with Crippen LogP contribution < -0.4 is 0 Å². The second-order valence-corrected chi connectivity index (χ2v) is 4.62. The molecule has 0 aromatic carbocycles. The van der Waals surface area contributed by atoms with Gasteiger partial charge < -0.3 is 4.48 Å². The average molecular weight is 140 g/mol. The van der Waals surface area contributed by atoms with Crippen LogP contribution in [0.1, 0.15) is 25.7 Å². The van der Waals surface area contributed by atoms with Crippen LogP contribution in [0, 0.1) is 5.92 Å². The predicted molar refractivity (Wildman–Crippen MR) is 42.7 cm³/mol. The molecule has 0 N–H and O–H groups in total. The molecule has 1 aliphatic carbocycles. The van der Waals surface area contributed by atoms with Gasteiger partial charge in [-0.2, -0.15) is 0 Å². The van der Waals surface area contributed by atoms with Crippen molar-refractivity contribution in [2.45, 2.75) is 31.7 Å². The van der Waals surface area contributed by atoms with Crippen molar-refractivity contribution >= 4 is 0 Å². The standard InChI is InChI=1S/C9H18N/c1-10(2)6-5-8-3-4-9(10)7-8/h8-9H,3-7H2,1-2H3/q+1. The smallest absolute Gasteiger partial charge is 0.0889 e. The van der Waals surface area contributed by atoms with E-state index in [0.29, 0.717) is 0 Å². The third kappa shape index (κ3) is 0.878. The van der Waals surface area contributed by atoms with Crippen molar-refractivity contribution < 1.29 is 4.48 Å². The number of piperidine rings is 1. The topological polar surface area (TPSA) is 0 Å². The maximum Gasteiger partial charge on any atom is 0.0889 e. The van der Waals surface area contributed by atoms with E-state index in [0.717, 1.165) is 12.0 Å². The van der Waals surface area contributed by atoms with Gasteiger partial charge in [-0.15, -0.1) is 0 Å². The van der Waals surface area contributed by atoms with Crippen LogP contribution in [-0.4, -0.2) is 31.2 Å². The molecular formula is C9H18N+. The van der Waals surface area contributed by atoms with Gasteiger partial charge >= 0.3 is 0 Å². The highest BCUT2D eigenvalue weighted by atomic mass is 15.3. The summed E-state index contributed by atoms with van der Waals surface area (Å²) in [6, 6.07) is 1.01. The molecule has 1 saturated heterocycles. The Labute approximate surface area is 63.6 Å². The summed E-state index contributed by atoms with van der Waals surface area (Å²) in [6.45, 7) is 1.43. The first-order valence-electron chi connectivity index (χ1n) is 4.51. The summed E-state index contributed by atoms with van der Waals surface area (Å²) < 4.78 is 1.30. The summed E-state index contributed by atoms with van der Waals surface area (Å²) in [7, 11) is 4.79. The average Bonchev–Trinajstić information content (AvgIpc) is 2.26. The number of rotatable bonds is 0. The van der Waals surface area contributed by atoms with Gasteiger partial charge in [-0.3, -0.25) is 0 Å². The van der Waals surface area contributed by atoms with Gasteiger partial charge in [0.05, 0.1) is 26.7 Å². The zero-order chi connectivity index (χ0) is 7.19. The SMILES string of the molecule is C[N+]1(C)CCC2CCC1C2. The first-order valence-corrected chi connectivity index (χ1v) is 4.51. The Morgan fingerprint density at radius 3 is 2.60 bits per heavy atom. The van der Waals surface area contributed by atoms with Crippen molar-refractivity contribution in [1.29, 1.82) is 0 Å². The molecule has 1 aliphatic heterocycles. The van der Waals surface area contributed by atoms with Gasteiger partial charge in [0.15, 0.2) is 0 Å². The molecule has 0 spiro atoms. The zero-order valence-corrected chi connectivity index (χ0v) is 7.14.